The van der Waals surface area contributed by atoms with Gasteiger partial charge in [0.2, 0.25) is 0 Å². The molecule has 0 saturated heterocycles. The molecule has 2 rings (SSSR count). The number of ether oxygens (including phenoxy) is 2. The number of esters is 1. The molecule has 152 valence electrons. The Morgan fingerprint density at radius 3 is 2.46 bits per heavy atom. The minimum absolute atomic E-state index is 0.144. The average molecular weight is 388 g/mol. The van der Waals surface area contributed by atoms with Gasteiger partial charge in [0.05, 0.1) is 19.8 Å². The van der Waals surface area contributed by atoms with Crippen LogP contribution in [-0.2, 0) is 20.7 Å². The molecule has 0 radical (unpaired) electrons. The number of rotatable bonds is 11. The third-order valence-electron chi connectivity index (χ3n) is 3.46. The van der Waals surface area contributed by atoms with Gasteiger partial charge in [-0.15, -0.1) is 0 Å². The topological polar surface area (TPSA) is 97.8 Å². The molecule has 0 saturated carbocycles. The van der Waals surface area contributed by atoms with Crippen LogP contribution in [0.2, 0.25) is 0 Å². The SMILES string of the molecule is CCOC(=O)CNCCc1ccccc1.O=C(O)CCCOc1ccncc1. The van der Waals surface area contributed by atoms with Gasteiger partial charge in [0.15, 0.2) is 0 Å². The van der Waals surface area contributed by atoms with Crippen molar-refractivity contribution >= 4 is 11.9 Å². The standard InChI is InChI=1S/C12H17NO2.C9H11NO3/c1-2-15-12(14)10-13-9-8-11-6-4-3-5-7-11;11-9(12)2-1-7-13-8-3-5-10-6-4-8/h3-7,13H,2,8-10H2,1H3;3-6H,1-2,7H2,(H,11,12). The van der Waals surface area contributed by atoms with E-state index >= 15 is 0 Å². The summed E-state index contributed by atoms with van der Waals surface area (Å²) in [6, 6.07) is 13.6. The second kappa shape index (κ2) is 15.2. The van der Waals surface area contributed by atoms with Crippen LogP contribution in [0, 0.1) is 0 Å². The molecule has 0 aliphatic carbocycles. The first kappa shape index (κ1) is 23.1. The fourth-order valence-corrected chi connectivity index (χ4v) is 2.13. The summed E-state index contributed by atoms with van der Waals surface area (Å²) in [5.41, 5.74) is 1.27. The molecule has 0 bridgehead atoms. The summed E-state index contributed by atoms with van der Waals surface area (Å²) in [5.74, 6) is -0.260. The number of nitrogens with zero attached hydrogens (tertiary/aromatic N) is 1. The van der Waals surface area contributed by atoms with Crippen molar-refractivity contribution in [3.8, 4) is 5.75 Å². The zero-order valence-corrected chi connectivity index (χ0v) is 16.2. The second-order valence-corrected chi connectivity index (χ2v) is 5.75. The Balaban J connectivity index is 0.000000283. The molecular weight excluding hydrogens is 360 g/mol. The van der Waals surface area contributed by atoms with Crippen LogP contribution in [0.25, 0.3) is 0 Å². The maximum absolute atomic E-state index is 11.0. The first-order chi connectivity index (χ1) is 13.6. The highest BCUT2D eigenvalue weighted by Gasteiger charge is 1.99. The Morgan fingerprint density at radius 2 is 1.82 bits per heavy atom. The highest BCUT2D eigenvalue weighted by atomic mass is 16.5. The number of hydrogen-bond donors (Lipinski definition) is 2. The third kappa shape index (κ3) is 12.4. The van der Waals surface area contributed by atoms with Crippen molar-refractivity contribution in [3.63, 3.8) is 0 Å². The summed E-state index contributed by atoms with van der Waals surface area (Å²) in [6.07, 6.45) is 4.86. The van der Waals surface area contributed by atoms with Gasteiger partial charge in [0.1, 0.15) is 5.75 Å². The largest absolute Gasteiger partial charge is 0.493 e. The molecule has 0 fully saturated rings. The molecule has 0 unspecified atom stereocenters. The zero-order valence-electron chi connectivity index (χ0n) is 16.2. The molecule has 7 heteroatoms. The fourth-order valence-electron chi connectivity index (χ4n) is 2.13. The summed E-state index contributed by atoms with van der Waals surface area (Å²) >= 11 is 0. The van der Waals surface area contributed by atoms with E-state index in [1.807, 2.05) is 25.1 Å². The van der Waals surface area contributed by atoms with Gasteiger partial charge in [-0.2, -0.15) is 0 Å². The molecule has 1 aromatic carbocycles. The van der Waals surface area contributed by atoms with Gasteiger partial charge in [-0.05, 0) is 44.0 Å². The number of nitrogens with one attached hydrogen (secondary N) is 1. The molecule has 0 amide bonds. The van der Waals surface area contributed by atoms with Crippen molar-refractivity contribution in [1.82, 2.24) is 10.3 Å². The molecule has 28 heavy (non-hydrogen) atoms. The van der Waals surface area contributed by atoms with E-state index in [1.54, 1.807) is 24.5 Å². The Morgan fingerprint density at radius 1 is 1.11 bits per heavy atom. The highest BCUT2D eigenvalue weighted by Crippen LogP contribution is 2.07. The van der Waals surface area contributed by atoms with Gasteiger partial charge in [-0.25, -0.2) is 0 Å². The fraction of sp³-hybridized carbons (Fsp3) is 0.381. The first-order valence-electron chi connectivity index (χ1n) is 9.26. The van der Waals surface area contributed by atoms with Crippen LogP contribution in [0.1, 0.15) is 25.3 Å². The van der Waals surface area contributed by atoms with E-state index in [0.717, 1.165) is 18.7 Å². The first-order valence-corrected chi connectivity index (χ1v) is 9.26. The minimum Gasteiger partial charge on any atom is -0.493 e. The summed E-state index contributed by atoms with van der Waals surface area (Å²) in [7, 11) is 0. The average Bonchev–Trinajstić information content (AvgIpc) is 2.71. The molecule has 0 atom stereocenters. The molecule has 0 spiro atoms. The molecule has 1 heterocycles. The van der Waals surface area contributed by atoms with E-state index < -0.39 is 5.97 Å². The van der Waals surface area contributed by atoms with Crippen LogP contribution in [0.15, 0.2) is 54.9 Å². The van der Waals surface area contributed by atoms with E-state index in [9.17, 15) is 9.59 Å². The molecule has 7 nitrogen and oxygen atoms in total. The molecule has 2 N–H and O–H groups in total. The number of carboxylic acid groups (broad SMARTS) is 1. The number of hydrogen-bond acceptors (Lipinski definition) is 6. The summed E-state index contributed by atoms with van der Waals surface area (Å²) < 4.78 is 10.0. The number of benzene rings is 1. The van der Waals surface area contributed by atoms with Crippen LogP contribution >= 0.6 is 0 Å². The normalized spacial score (nSPS) is 9.75. The van der Waals surface area contributed by atoms with Crippen LogP contribution in [-0.4, -0.2) is 48.3 Å². The molecular formula is C21H28N2O5. The maximum Gasteiger partial charge on any atom is 0.319 e. The quantitative estimate of drug-likeness (QED) is 0.451. The predicted molar refractivity (Wildman–Crippen MR) is 106 cm³/mol. The molecule has 1 aromatic heterocycles. The smallest absolute Gasteiger partial charge is 0.319 e. The zero-order chi connectivity index (χ0) is 20.5. The van der Waals surface area contributed by atoms with Gasteiger partial charge in [0.25, 0.3) is 0 Å². The van der Waals surface area contributed by atoms with Crippen molar-refractivity contribution < 1.29 is 24.2 Å². The van der Waals surface area contributed by atoms with Crippen molar-refractivity contribution in [1.29, 1.82) is 0 Å². The summed E-state index contributed by atoms with van der Waals surface area (Å²) in [5, 5.41) is 11.4. The summed E-state index contributed by atoms with van der Waals surface area (Å²) in [4.78, 5) is 24.9. The van der Waals surface area contributed by atoms with E-state index in [0.29, 0.717) is 26.2 Å². The van der Waals surface area contributed by atoms with Crippen LogP contribution in [0.4, 0.5) is 0 Å². The third-order valence-corrected chi connectivity index (χ3v) is 3.46. The number of carboxylic acids is 1. The van der Waals surface area contributed by atoms with Gasteiger partial charge < -0.3 is 19.9 Å². The van der Waals surface area contributed by atoms with Gasteiger partial charge in [-0.3, -0.25) is 14.6 Å². The summed E-state index contributed by atoms with van der Waals surface area (Å²) in [6.45, 7) is 3.76. The Kier molecular flexibility index (Phi) is 12.5. The monoisotopic (exact) mass is 388 g/mol. The predicted octanol–water partition coefficient (Wildman–Crippen LogP) is 2.71. The number of pyridine rings is 1. The minimum atomic E-state index is -0.793. The van der Waals surface area contributed by atoms with Crippen LogP contribution < -0.4 is 10.1 Å². The van der Waals surface area contributed by atoms with E-state index in [-0.39, 0.29) is 12.4 Å². The lowest BCUT2D eigenvalue weighted by molar-refractivity contribution is -0.142. The Hall–Kier alpha value is -2.93. The van der Waals surface area contributed by atoms with Gasteiger partial charge >= 0.3 is 11.9 Å². The van der Waals surface area contributed by atoms with Gasteiger partial charge in [0, 0.05) is 18.8 Å². The van der Waals surface area contributed by atoms with Crippen molar-refractivity contribution in [2.75, 3.05) is 26.3 Å². The van der Waals surface area contributed by atoms with Crippen LogP contribution in [0.5, 0.6) is 5.75 Å². The molecule has 0 aliphatic rings. The lowest BCUT2D eigenvalue weighted by Crippen LogP contribution is -2.26. The van der Waals surface area contributed by atoms with Crippen molar-refractivity contribution in [2.24, 2.45) is 0 Å². The number of aromatic nitrogens is 1. The highest BCUT2D eigenvalue weighted by molar-refractivity contribution is 5.71. The number of carbonyl (C=O) groups is 2. The van der Waals surface area contributed by atoms with Crippen molar-refractivity contribution in [2.45, 2.75) is 26.2 Å². The Bertz CT molecular complexity index is 665. The number of aliphatic carboxylic acids is 1. The lowest BCUT2D eigenvalue weighted by Gasteiger charge is -2.04. The Labute approximate surface area is 165 Å². The van der Waals surface area contributed by atoms with E-state index in [2.05, 4.69) is 22.4 Å². The van der Waals surface area contributed by atoms with Gasteiger partial charge in [-0.1, -0.05) is 30.3 Å². The molecule has 2 aromatic rings. The van der Waals surface area contributed by atoms with E-state index in [4.69, 9.17) is 14.6 Å². The molecule has 0 aliphatic heterocycles. The number of carbonyl (C=O) groups excluding carboxylic acids is 1. The van der Waals surface area contributed by atoms with Crippen LogP contribution in [0.3, 0.4) is 0 Å². The van der Waals surface area contributed by atoms with Crippen molar-refractivity contribution in [3.05, 3.63) is 60.4 Å². The lowest BCUT2D eigenvalue weighted by atomic mass is 10.1. The van der Waals surface area contributed by atoms with E-state index in [1.165, 1.54) is 5.56 Å². The second-order valence-electron chi connectivity index (χ2n) is 5.75. The maximum atomic E-state index is 11.0.